The highest BCUT2D eigenvalue weighted by molar-refractivity contribution is 8.14. The zero-order valence-corrected chi connectivity index (χ0v) is 14.8. The molecule has 0 radical (unpaired) electrons. The molecule has 0 unspecified atom stereocenters. The predicted octanol–water partition coefficient (Wildman–Crippen LogP) is 4.39. The molecule has 23 heavy (non-hydrogen) atoms. The molecule has 0 saturated carbocycles. The number of aliphatic imine (C=N–C) groups is 1. The number of hydrogen-bond acceptors (Lipinski definition) is 5. The number of fused-ring (bicyclic) bond motifs is 1. The van der Waals surface area contributed by atoms with Crippen LogP contribution in [0.1, 0.15) is 30.3 Å². The lowest BCUT2D eigenvalue weighted by molar-refractivity contribution is 0.321. The van der Waals surface area contributed by atoms with Crippen LogP contribution in [0.2, 0.25) is 0 Å². The fourth-order valence-corrected chi connectivity index (χ4v) is 4.78. The summed E-state index contributed by atoms with van der Waals surface area (Å²) in [7, 11) is 0. The van der Waals surface area contributed by atoms with Gasteiger partial charge in [-0.1, -0.05) is 36.9 Å². The molecule has 3 heterocycles. The summed E-state index contributed by atoms with van der Waals surface area (Å²) in [6, 6.07) is 15.4. The molecule has 1 aromatic heterocycles. The van der Waals surface area contributed by atoms with Crippen molar-refractivity contribution in [2.75, 3.05) is 12.8 Å². The highest BCUT2D eigenvalue weighted by atomic mass is 32.2. The molecule has 0 spiro atoms. The second-order valence-corrected chi connectivity index (χ2v) is 8.20. The molecule has 118 valence electrons. The molecule has 1 saturated heterocycles. The monoisotopic (exact) mass is 341 g/mol. The second kappa shape index (κ2) is 6.21. The van der Waals surface area contributed by atoms with Gasteiger partial charge in [0, 0.05) is 22.9 Å². The summed E-state index contributed by atoms with van der Waals surface area (Å²) in [4.78, 5) is 13.3. The molecule has 4 rings (SSSR count). The third kappa shape index (κ3) is 2.76. The van der Waals surface area contributed by atoms with Crippen LogP contribution in [-0.4, -0.2) is 33.1 Å². The average molecular weight is 342 g/mol. The summed E-state index contributed by atoms with van der Waals surface area (Å²) in [5, 5.41) is 1.78. The molecule has 5 heteroatoms. The Bertz CT molecular complexity index is 715. The zero-order chi connectivity index (χ0) is 15.8. The van der Waals surface area contributed by atoms with E-state index in [9.17, 15) is 0 Å². The normalized spacial score (nSPS) is 26.3. The third-order valence-corrected chi connectivity index (χ3v) is 6.18. The molecule has 1 aromatic carbocycles. The molecule has 3 nitrogen and oxygen atoms in total. The summed E-state index contributed by atoms with van der Waals surface area (Å²) < 4.78 is 0. The summed E-state index contributed by atoms with van der Waals surface area (Å²) in [6.45, 7) is 3.33. The van der Waals surface area contributed by atoms with Crippen molar-refractivity contribution in [1.82, 2.24) is 9.88 Å². The molecule has 0 N–H and O–H groups in total. The van der Waals surface area contributed by atoms with E-state index in [2.05, 4.69) is 59.5 Å². The van der Waals surface area contributed by atoms with Gasteiger partial charge in [0.1, 0.15) is 6.04 Å². The molecule has 0 bridgehead atoms. The Morgan fingerprint density at radius 1 is 1.17 bits per heavy atom. The first-order chi connectivity index (χ1) is 11.3. The van der Waals surface area contributed by atoms with E-state index in [1.54, 1.807) is 11.8 Å². The van der Waals surface area contributed by atoms with Crippen molar-refractivity contribution in [2.24, 2.45) is 4.99 Å². The zero-order valence-electron chi connectivity index (χ0n) is 13.2. The lowest BCUT2D eigenvalue weighted by Crippen LogP contribution is -2.28. The molecule has 2 aliphatic rings. The molecular weight excluding hydrogens is 322 g/mol. The summed E-state index contributed by atoms with van der Waals surface area (Å²) >= 11 is 3.66. The summed E-state index contributed by atoms with van der Waals surface area (Å²) in [6.07, 6.45) is 3.98. The van der Waals surface area contributed by atoms with E-state index in [1.807, 2.05) is 24.0 Å². The van der Waals surface area contributed by atoms with Crippen molar-refractivity contribution in [3.8, 4) is 0 Å². The van der Waals surface area contributed by atoms with E-state index in [0.717, 1.165) is 12.2 Å². The standard InChI is InChI=1S/C18H19N3S2/c1-12-11-21-17(13-6-8-14(22-2)9-7-13)16(20-18(21)23-12)15-5-3-4-10-19-15/h3-10,12,16-17H,11H2,1-2H3/t12-,16-,17+/m0/s1. The third-order valence-electron chi connectivity index (χ3n) is 4.34. The van der Waals surface area contributed by atoms with Gasteiger partial charge in [-0.2, -0.15) is 0 Å². The van der Waals surface area contributed by atoms with Gasteiger partial charge >= 0.3 is 0 Å². The molecule has 2 aromatic rings. The maximum Gasteiger partial charge on any atom is 0.160 e. The van der Waals surface area contributed by atoms with Crippen molar-refractivity contribution >= 4 is 28.7 Å². The van der Waals surface area contributed by atoms with Gasteiger partial charge in [0.15, 0.2) is 5.17 Å². The minimum absolute atomic E-state index is 0.0892. The van der Waals surface area contributed by atoms with Gasteiger partial charge in [-0.3, -0.25) is 9.98 Å². The van der Waals surface area contributed by atoms with Crippen molar-refractivity contribution in [2.45, 2.75) is 29.2 Å². The van der Waals surface area contributed by atoms with Gasteiger partial charge in [-0.05, 0) is 36.1 Å². The molecule has 2 aliphatic heterocycles. The predicted molar refractivity (Wildman–Crippen MR) is 99.1 cm³/mol. The minimum atomic E-state index is 0.0892. The number of benzene rings is 1. The summed E-state index contributed by atoms with van der Waals surface area (Å²) in [5.41, 5.74) is 2.38. The highest BCUT2D eigenvalue weighted by Gasteiger charge is 2.43. The summed E-state index contributed by atoms with van der Waals surface area (Å²) in [5.74, 6) is 0. The smallest absolute Gasteiger partial charge is 0.160 e. The van der Waals surface area contributed by atoms with Crippen LogP contribution in [0.15, 0.2) is 58.5 Å². The number of aromatic nitrogens is 1. The number of nitrogens with zero attached hydrogens (tertiary/aromatic N) is 3. The molecule has 1 fully saturated rings. The Labute approximate surface area is 145 Å². The maximum atomic E-state index is 5.01. The van der Waals surface area contributed by atoms with Crippen LogP contribution in [0.3, 0.4) is 0 Å². The van der Waals surface area contributed by atoms with Crippen LogP contribution in [0.4, 0.5) is 0 Å². The first-order valence-corrected chi connectivity index (χ1v) is 9.92. The van der Waals surface area contributed by atoms with E-state index >= 15 is 0 Å². The Hall–Kier alpha value is -1.46. The van der Waals surface area contributed by atoms with Crippen LogP contribution >= 0.6 is 23.5 Å². The van der Waals surface area contributed by atoms with E-state index < -0.39 is 0 Å². The van der Waals surface area contributed by atoms with Gasteiger partial charge < -0.3 is 4.90 Å². The SMILES string of the molecule is CSc1ccc([C@@H]2[C@H](c3ccccn3)N=C3S[C@@H](C)CN32)cc1. The first kappa shape index (κ1) is 15.1. The Morgan fingerprint density at radius 2 is 2.00 bits per heavy atom. The number of thioether (sulfide) groups is 2. The average Bonchev–Trinajstić information content (AvgIpc) is 3.11. The fourth-order valence-electron chi connectivity index (χ4n) is 3.28. The van der Waals surface area contributed by atoms with E-state index in [1.165, 1.54) is 15.6 Å². The topological polar surface area (TPSA) is 28.5 Å². The van der Waals surface area contributed by atoms with Crippen molar-refractivity contribution in [3.63, 3.8) is 0 Å². The minimum Gasteiger partial charge on any atom is -0.341 e. The molecule has 0 amide bonds. The quantitative estimate of drug-likeness (QED) is 0.774. The van der Waals surface area contributed by atoms with Crippen molar-refractivity contribution in [1.29, 1.82) is 0 Å². The largest absolute Gasteiger partial charge is 0.341 e. The Kier molecular flexibility index (Phi) is 4.07. The molecule has 3 atom stereocenters. The van der Waals surface area contributed by atoms with Gasteiger partial charge in [-0.15, -0.1) is 11.8 Å². The lowest BCUT2D eigenvalue weighted by atomic mass is 9.96. The van der Waals surface area contributed by atoms with Gasteiger partial charge in [0.25, 0.3) is 0 Å². The highest BCUT2D eigenvalue weighted by Crippen LogP contribution is 2.47. The van der Waals surface area contributed by atoms with E-state index in [-0.39, 0.29) is 12.1 Å². The number of pyridine rings is 1. The second-order valence-electron chi connectivity index (χ2n) is 5.91. The van der Waals surface area contributed by atoms with Crippen LogP contribution in [0, 0.1) is 0 Å². The van der Waals surface area contributed by atoms with Crippen molar-refractivity contribution < 1.29 is 0 Å². The number of hydrogen-bond donors (Lipinski definition) is 0. The van der Waals surface area contributed by atoms with Gasteiger partial charge in [0.2, 0.25) is 0 Å². The lowest BCUT2D eigenvalue weighted by Gasteiger charge is -2.27. The van der Waals surface area contributed by atoms with Gasteiger partial charge in [-0.25, -0.2) is 0 Å². The van der Waals surface area contributed by atoms with E-state index in [4.69, 9.17) is 4.99 Å². The Morgan fingerprint density at radius 3 is 2.70 bits per heavy atom. The maximum absolute atomic E-state index is 5.01. The fraction of sp³-hybridized carbons (Fsp3) is 0.333. The van der Waals surface area contributed by atoms with Gasteiger partial charge in [0.05, 0.1) is 11.7 Å². The first-order valence-electron chi connectivity index (χ1n) is 7.82. The molecular formula is C18H19N3S2. The van der Waals surface area contributed by atoms with Crippen molar-refractivity contribution in [3.05, 3.63) is 59.9 Å². The van der Waals surface area contributed by atoms with Crippen LogP contribution in [0.25, 0.3) is 0 Å². The van der Waals surface area contributed by atoms with Crippen LogP contribution < -0.4 is 0 Å². The molecule has 0 aliphatic carbocycles. The van der Waals surface area contributed by atoms with Crippen LogP contribution in [-0.2, 0) is 0 Å². The van der Waals surface area contributed by atoms with E-state index in [0.29, 0.717) is 5.25 Å². The number of amidine groups is 1. The number of rotatable bonds is 3. The van der Waals surface area contributed by atoms with Crippen LogP contribution in [0.5, 0.6) is 0 Å². The Balaban J connectivity index is 1.74.